The SMILES string of the molecule is O=C(CCc1ccccc1)Nc1ccc(Oc2ccc3c(c2)C(=O)NC3=O)cc1. The fourth-order valence-electron chi connectivity index (χ4n) is 3.08. The molecule has 0 fully saturated rings. The van der Waals surface area contributed by atoms with Crippen LogP contribution in [-0.4, -0.2) is 17.7 Å². The van der Waals surface area contributed by atoms with Crippen LogP contribution in [0.3, 0.4) is 0 Å². The van der Waals surface area contributed by atoms with Crippen molar-refractivity contribution in [2.45, 2.75) is 12.8 Å². The van der Waals surface area contributed by atoms with Crippen molar-refractivity contribution < 1.29 is 19.1 Å². The minimum Gasteiger partial charge on any atom is -0.457 e. The average molecular weight is 386 g/mol. The van der Waals surface area contributed by atoms with Crippen molar-refractivity contribution in [2.24, 2.45) is 0 Å². The maximum Gasteiger partial charge on any atom is 0.259 e. The zero-order valence-corrected chi connectivity index (χ0v) is 15.5. The number of carbonyl (C=O) groups is 3. The fourth-order valence-corrected chi connectivity index (χ4v) is 3.08. The quantitative estimate of drug-likeness (QED) is 0.629. The lowest BCUT2D eigenvalue weighted by atomic mass is 10.1. The van der Waals surface area contributed by atoms with E-state index in [-0.39, 0.29) is 5.91 Å². The summed E-state index contributed by atoms with van der Waals surface area (Å²) in [5.41, 5.74) is 2.44. The molecular weight excluding hydrogens is 368 g/mol. The van der Waals surface area contributed by atoms with Crippen molar-refractivity contribution in [1.82, 2.24) is 5.32 Å². The number of nitrogens with one attached hydrogen (secondary N) is 2. The minimum absolute atomic E-state index is 0.0585. The number of hydrogen-bond acceptors (Lipinski definition) is 4. The Morgan fingerprint density at radius 3 is 2.28 bits per heavy atom. The molecule has 1 aliphatic rings. The molecule has 4 rings (SSSR count). The molecule has 0 saturated carbocycles. The van der Waals surface area contributed by atoms with Crippen molar-refractivity contribution in [3.8, 4) is 11.5 Å². The largest absolute Gasteiger partial charge is 0.457 e. The Morgan fingerprint density at radius 2 is 1.52 bits per heavy atom. The molecule has 0 atom stereocenters. The van der Waals surface area contributed by atoms with E-state index in [4.69, 9.17) is 4.74 Å². The standard InChI is InChI=1S/C23H18N2O4/c26-21(13-6-15-4-2-1-3-5-15)24-16-7-9-17(10-8-16)29-18-11-12-19-20(14-18)23(28)25-22(19)27/h1-5,7-12,14H,6,13H2,(H,24,26)(H,25,27,28). The van der Waals surface area contributed by atoms with E-state index in [1.807, 2.05) is 30.3 Å². The molecule has 0 aromatic heterocycles. The number of rotatable bonds is 6. The average Bonchev–Trinajstić information content (AvgIpc) is 3.02. The van der Waals surface area contributed by atoms with Crippen molar-refractivity contribution in [3.05, 3.63) is 89.5 Å². The fraction of sp³-hybridized carbons (Fsp3) is 0.0870. The lowest BCUT2D eigenvalue weighted by molar-refractivity contribution is -0.116. The molecule has 0 radical (unpaired) electrons. The molecule has 0 aliphatic carbocycles. The number of hydrogen-bond donors (Lipinski definition) is 2. The Bertz CT molecular complexity index is 1080. The second kappa shape index (κ2) is 7.98. The summed E-state index contributed by atoms with van der Waals surface area (Å²) in [4.78, 5) is 35.5. The highest BCUT2D eigenvalue weighted by Crippen LogP contribution is 2.27. The molecular formula is C23H18N2O4. The van der Waals surface area contributed by atoms with Gasteiger partial charge >= 0.3 is 0 Å². The summed E-state index contributed by atoms with van der Waals surface area (Å²) < 4.78 is 5.75. The van der Waals surface area contributed by atoms with Crippen LogP contribution in [0.15, 0.2) is 72.8 Å². The van der Waals surface area contributed by atoms with Gasteiger partial charge in [0, 0.05) is 12.1 Å². The lowest BCUT2D eigenvalue weighted by Gasteiger charge is -2.09. The maximum absolute atomic E-state index is 12.1. The minimum atomic E-state index is -0.427. The van der Waals surface area contributed by atoms with E-state index >= 15 is 0 Å². The zero-order chi connectivity index (χ0) is 20.2. The van der Waals surface area contributed by atoms with Crippen LogP contribution in [0, 0.1) is 0 Å². The van der Waals surface area contributed by atoms with Crippen LogP contribution in [0.4, 0.5) is 5.69 Å². The number of aryl methyl sites for hydroxylation is 1. The van der Waals surface area contributed by atoms with E-state index in [0.717, 1.165) is 5.56 Å². The van der Waals surface area contributed by atoms with Crippen LogP contribution < -0.4 is 15.4 Å². The van der Waals surface area contributed by atoms with Gasteiger partial charge in [-0.3, -0.25) is 19.7 Å². The summed E-state index contributed by atoms with van der Waals surface area (Å²) in [6.45, 7) is 0. The van der Waals surface area contributed by atoms with E-state index in [1.165, 1.54) is 6.07 Å². The van der Waals surface area contributed by atoms with Crippen LogP contribution in [0.5, 0.6) is 11.5 Å². The first-order valence-corrected chi connectivity index (χ1v) is 9.20. The van der Waals surface area contributed by atoms with Crippen LogP contribution in [0.1, 0.15) is 32.7 Å². The van der Waals surface area contributed by atoms with Crippen molar-refractivity contribution in [1.29, 1.82) is 0 Å². The normalized spacial score (nSPS) is 12.3. The van der Waals surface area contributed by atoms with Gasteiger partial charge in [0.05, 0.1) is 11.1 Å². The van der Waals surface area contributed by atoms with Gasteiger partial charge in [-0.1, -0.05) is 30.3 Å². The Morgan fingerprint density at radius 1 is 0.828 bits per heavy atom. The smallest absolute Gasteiger partial charge is 0.259 e. The second-order valence-corrected chi connectivity index (χ2v) is 6.65. The molecule has 3 aromatic carbocycles. The lowest BCUT2D eigenvalue weighted by Crippen LogP contribution is -2.19. The number of imide groups is 1. The van der Waals surface area contributed by atoms with E-state index < -0.39 is 11.8 Å². The molecule has 2 N–H and O–H groups in total. The maximum atomic E-state index is 12.1. The summed E-state index contributed by atoms with van der Waals surface area (Å²) in [5, 5.41) is 5.11. The molecule has 6 heteroatoms. The highest BCUT2D eigenvalue weighted by molar-refractivity contribution is 6.21. The molecule has 0 unspecified atom stereocenters. The monoisotopic (exact) mass is 386 g/mol. The molecule has 1 aliphatic heterocycles. The molecule has 6 nitrogen and oxygen atoms in total. The van der Waals surface area contributed by atoms with Crippen LogP contribution in [0.25, 0.3) is 0 Å². The molecule has 3 amide bonds. The first kappa shape index (κ1) is 18.4. The van der Waals surface area contributed by atoms with Gasteiger partial charge in [0.2, 0.25) is 5.91 Å². The number of anilines is 1. The van der Waals surface area contributed by atoms with Crippen molar-refractivity contribution in [3.63, 3.8) is 0 Å². The van der Waals surface area contributed by atoms with Crippen LogP contribution >= 0.6 is 0 Å². The van der Waals surface area contributed by atoms with Crippen molar-refractivity contribution in [2.75, 3.05) is 5.32 Å². The van der Waals surface area contributed by atoms with Gasteiger partial charge < -0.3 is 10.1 Å². The summed E-state index contributed by atoms with van der Waals surface area (Å²) in [5.74, 6) is 0.120. The highest BCUT2D eigenvalue weighted by Gasteiger charge is 2.26. The zero-order valence-electron chi connectivity index (χ0n) is 15.5. The van der Waals surface area contributed by atoms with Gasteiger partial charge in [-0.25, -0.2) is 0 Å². The Balaban J connectivity index is 1.35. The molecule has 1 heterocycles. The van der Waals surface area contributed by atoms with Gasteiger partial charge in [-0.05, 0) is 54.4 Å². The molecule has 3 aromatic rings. The Labute approximate surface area is 167 Å². The summed E-state index contributed by atoms with van der Waals surface area (Å²) >= 11 is 0. The number of benzene rings is 3. The third kappa shape index (κ3) is 4.32. The molecule has 0 spiro atoms. The first-order valence-electron chi connectivity index (χ1n) is 9.20. The van der Waals surface area contributed by atoms with Crippen LogP contribution in [0.2, 0.25) is 0 Å². The Kier molecular flexibility index (Phi) is 5.07. The molecule has 0 saturated heterocycles. The number of ether oxygens (including phenoxy) is 1. The molecule has 144 valence electrons. The predicted octanol–water partition coefficient (Wildman–Crippen LogP) is 3.93. The summed E-state index contributed by atoms with van der Waals surface area (Å²) in [6, 6.07) is 21.5. The van der Waals surface area contributed by atoms with Gasteiger partial charge in [-0.2, -0.15) is 0 Å². The molecule has 29 heavy (non-hydrogen) atoms. The Hall–Kier alpha value is -3.93. The van der Waals surface area contributed by atoms with E-state index in [0.29, 0.717) is 41.2 Å². The van der Waals surface area contributed by atoms with Crippen molar-refractivity contribution >= 4 is 23.4 Å². The van der Waals surface area contributed by atoms with Gasteiger partial charge in [0.25, 0.3) is 11.8 Å². The highest BCUT2D eigenvalue weighted by atomic mass is 16.5. The number of fused-ring (bicyclic) bond motifs is 1. The number of amides is 3. The number of carbonyl (C=O) groups excluding carboxylic acids is 3. The van der Waals surface area contributed by atoms with E-state index in [1.54, 1.807) is 36.4 Å². The van der Waals surface area contributed by atoms with Gasteiger partial charge in [0.1, 0.15) is 11.5 Å². The van der Waals surface area contributed by atoms with Crippen LogP contribution in [-0.2, 0) is 11.2 Å². The van der Waals surface area contributed by atoms with E-state index in [2.05, 4.69) is 10.6 Å². The first-order chi connectivity index (χ1) is 14.1. The second-order valence-electron chi connectivity index (χ2n) is 6.65. The third-order valence-electron chi connectivity index (χ3n) is 4.56. The predicted molar refractivity (Wildman–Crippen MR) is 108 cm³/mol. The molecule has 0 bridgehead atoms. The van der Waals surface area contributed by atoms with Gasteiger partial charge in [-0.15, -0.1) is 0 Å². The topological polar surface area (TPSA) is 84.5 Å². The summed E-state index contributed by atoms with van der Waals surface area (Å²) in [6.07, 6.45) is 1.08. The third-order valence-corrected chi connectivity index (χ3v) is 4.56. The van der Waals surface area contributed by atoms with E-state index in [9.17, 15) is 14.4 Å². The summed E-state index contributed by atoms with van der Waals surface area (Å²) in [7, 11) is 0. The van der Waals surface area contributed by atoms with Gasteiger partial charge in [0.15, 0.2) is 0 Å².